The number of rotatable bonds is 8. The van der Waals surface area contributed by atoms with Crippen LogP contribution >= 0.6 is 7.14 Å². The molecule has 0 amide bonds. The highest BCUT2D eigenvalue weighted by atomic mass is 31.2. The van der Waals surface area contributed by atoms with Gasteiger partial charge in [0.25, 0.3) is 0 Å². The van der Waals surface area contributed by atoms with Gasteiger partial charge in [-0.1, -0.05) is 146 Å². The standard InChI is InChI=1S/C79H67N4O2P/c1-46-12-24-53(25-13-46)80(54-26-14-47(2)15-27-54)59-36-38-61-63-44-69-76-73(71(63)78(8,9)65(61)42-59)85-74-72-64(62-39-37-60(43-66(62)79(72,10)11)81(55-28-16-48(3)17-29-55)56-30-18-49(4)19-31-56)45-70-77(74)86(76,84)75-67(82(69)57-32-20-50(5)21-33-57)40-52(7)41-68(75)83(70)58-34-22-51(6)23-35-58/h12-45H,1-11H3. The summed E-state index contributed by atoms with van der Waals surface area (Å²) in [7, 11) is -3.86. The second-order valence-corrected chi connectivity index (χ2v) is 28.5. The predicted octanol–water partition coefficient (Wildman–Crippen LogP) is 20.7. The Labute approximate surface area is 505 Å². The highest BCUT2D eigenvalue weighted by Gasteiger charge is 2.59. The Morgan fingerprint density at radius 1 is 0.326 bits per heavy atom. The van der Waals surface area contributed by atoms with Crippen LogP contribution in [0.5, 0.6) is 11.5 Å². The van der Waals surface area contributed by atoms with E-state index >= 15 is 4.57 Å². The molecule has 11 aromatic carbocycles. The number of benzene rings is 11. The van der Waals surface area contributed by atoms with Crippen LogP contribution < -0.4 is 40.3 Å². The molecule has 0 spiro atoms. The fourth-order valence-corrected chi connectivity index (χ4v) is 18.4. The number of hydrogen-bond acceptors (Lipinski definition) is 6. The van der Waals surface area contributed by atoms with Crippen molar-refractivity contribution in [3.63, 3.8) is 0 Å². The maximum Gasteiger partial charge on any atom is 0.186 e. The largest absolute Gasteiger partial charge is 0.455 e. The molecule has 0 radical (unpaired) electrons. The van der Waals surface area contributed by atoms with Crippen molar-refractivity contribution in [2.24, 2.45) is 0 Å². The van der Waals surface area contributed by atoms with Crippen molar-refractivity contribution in [1.82, 2.24) is 0 Å². The Kier molecular flexibility index (Phi) is 11.1. The van der Waals surface area contributed by atoms with Crippen molar-refractivity contribution in [1.29, 1.82) is 0 Å². The molecule has 16 rings (SSSR count). The lowest BCUT2D eigenvalue weighted by molar-refractivity contribution is 0.453. The predicted molar refractivity (Wildman–Crippen MR) is 360 cm³/mol. The van der Waals surface area contributed by atoms with Crippen LogP contribution in [0.4, 0.5) is 68.2 Å². The van der Waals surface area contributed by atoms with Gasteiger partial charge in [-0.3, -0.25) is 0 Å². The number of fused-ring (bicyclic) bond motifs is 8. The molecule has 0 unspecified atom stereocenters. The van der Waals surface area contributed by atoms with E-state index in [0.717, 1.165) is 123 Å². The third kappa shape index (κ3) is 7.35. The number of anilines is 12. The third-order valence-electron chi connectivity index (χ3n) is 19.2. The lowest BCUT2D eigenvalue weighted by Gasteiger charge is -2.48. The Morgan fingerprint density at radius 2 is 0.616 bits per heavy atom. The topological polar surface area (TPSA) is 39.3 Å². The Hall–Kier alpha value is -9.35. The van der Waals surface area contributed by atoms with Crippen molar-refractivity contribution in [2.45, 2.75) is 87.0 Å². The summed E-state index contributed by atoms with van der Waals surface area (Å²) in [4.78, 5) is 9.53. The summed E-state index contributed by atoms with van der Waals surface area (Å²) in [6.45, 7) is 24.4. The summed E-state index contributed by atoms with van der Waals surface area (Å²) < 4.78 is 26.8. The van der Waals surface area contributed by atoms with Crippen LogP contribution in [0.15, 0.2) is 206 Å². The molecule has 86 heavy (non-hydrogen) atoms. The van der Waals surface area contributed by atoms with E-state index in [4.69, 9.17) is 4.74 Å². The van der Waals surface area contributed by atoms with Gasteiger partial charge in [0.2, 0.25) is 0 Å². The smallest absolute Gasteiger partial charge is 0.186 e. The maximum atomic E-state index is 18.6. The van der Waals surface area contributed by atoms with Gasteiger partial charge < -0.3 is 28.9 Å². The van der Waals surface area contributed by atoms with Gasteiger partial charge in [0.1, 0.15) is 11.5 Å². The molecule has 0 fully saturated rings. The minimum Gasteiger partial charge on any atom is -0.455 e. The molecule has 11 aromatic rings. The number of nitrogens with zero attached hydrogens (tertiary/aromatic N) is 4. The first-order chi connectivity index (χ1) is 41.4. The SMILES string of the molecule is Cc1ccc(N(c2ccc(C)cc2)c2ccc3c(c2)C(C)(C)c2c-3cc3c4c2Oc2c5c(cc6c2P4(=O)c2c(cc(C)cc2N6c2ccc(C)cc2)N3c2ccc(C)cc2)-c2ccc(N(c3ccc(C)cc3)c3ccc(C)cc3)cc2C5(C)C)cc1. The number of hydrogen-bond donors (Lipinski definition) is 0. The number of ether oxygens (including phenoxy) is 1. The lowest BCUT2D eigenvalue weighted by atomic mass is 9.80. The molecule has 5 aliphatic rings. The van der Waals surface area contributed by atoms with Crippen LogP contribution in [-0.4, -0.2) is 0 Å². The van der Waals surface area contributed by atoms with Crippen molar-refractivity contribution in [3.8, 4) is 33.8 Å². The normalized spacial score (nSPS) is 15.1. The van der Waals surface area contributed by atoms with Gasteiger partial charge in [-0.05, 0) is 209 Å². The molecule has 420 valence electrons. The van der Waals surface area contributed by atoms with Crippen molar-refractivity contribution in [2.75, 3.05) is 19.6 Å². The zero-order valence-corrected chi connectivity index (χ0v) is 51.6. The van der Waals surface area contributed by atoms with Gasteiger partial charge in [-0.2, -0.15) is 0 Å². The van der Waals surface area contributed by atoms with E-state index in [1.54, 1.807) is 0 Å². The lowest BCUT2D eigenvalue weighted by Crippen LogP contribution is -2.46. The first-order valence-electron chi connectivity index (χ1n) is 30.2. The fraction of sp³-hybridized carbons (Fsp3) is 0.165. The molecule has 0 N–H and O–H groups in total. The van der Waals surface area contributed by atoms with Crippen LogP contribution in [0.1, 0.15) is 88.9 Å². The van der Waals surface area contributed by atoms with Crippen molar-refractivity contribution in [3.05, 3.63) is 267 Å². The van der Waals surface area contributed by atoms with Gasteiger partial charge in [0.15, 0.2) is 7.14 Å². The van der Waals surface area contributed by atoms with Gasteiger partial charge in [0, 0.05) is 67.5 Å². The summed E-state index contributed by atoms with van der Waals surface area (Å²) in [6.07, 6.45) is 0. The molecule has 7 heteroatoms. The quantitative estimate of drug-likeness (QED) is 0.141. The van der Waals surface area contributed by atoms with Crippen LogP contribution in [0, 0.1) is 48.5 Å². The molecule has 3 aliphatic heterocycles. The van der Waals surface area contributed by atoms with E-state index in [2.05, 4.69) is 302 Å². The second kappa shape index (κ2) is 18.3. The Bertz CT molecular complexity index is 4370. The summed E-state index contributed by atoms with van der Waals surface area (Å²) in [6, 6.07) is 76.2. The Balaban J connectivity index is 0.975. The molecule has 2 aliphatic carbocycles. The molecule has 3 heterocycles. The van der Waals surface area contributed by atoms with Crippen LogP contribution in [0.3, 0.4) is 0 Å². The molecular formula is C79H67N4O2P. The minimum absolute atomic E-state index is 0.605. The van der Waals surface area contributed by atoms with Crippen molar-refractivity contribution < 1.29 is 9.30 Å². The Morgan fingerprint density at radius 3 is 0.942 bits per heavy atom. The molecule has 0 bridgehead atoms. The summed E-state index contributed by atoms with van der Waals surface area (Å²) in [5.74, 6) is 1.42. The third-order valence-corrected chi connectivity index (χ3v) is 22.5. The van der Waals surface area contributed by atoms with Crippen LogP contribution in [0.2, 0.25) is 0 Å². The zero-order valence-electron chi connectivity index (χ0n) is 50.7. The molecule has 6 nitrogen and oxygen atoms in total. The number of aryl methyl sites for hydroxylation is 7. The van der Waals surface area contributed by atoms with Gasteiger partial charge in [0.05, 0.1) is 38.7 Å². The summed E-state index contributed by atoms with van der Waals surface area (Å²) in [5.41, 5.74) is 28.2. The second-order valence-electron chi connectivity index (χ2n) is 25.9. The molecule has 0 saturated carbocycles. The van der Waals surface area contributed by atoms with E-state index < -0.39 is 18.0 Å². The highest BCUT2D eigenvalue weighted by Crippen LogP contribution is 2.71. The van der Waals surface area contributed by atoms with E-state index in [-0.39, 0.29) is 0 Å². The molecular weight excluding hydrogens is 1070 g/mol. The van der Waals surface area contributed by atoms with E-state index in [1.165, 1.54) is 44.5 Å². The highest BCUT2D eigenvalue weighted by molar-refractivity contribution is 7.87. The monoisotopic (exact) mass is 1130 g/mol. The van der Waals surface area contributed by atoms with E-state index in [9.17, 15) is 0 Å². The molecule has 0 aromatic heterocycles. The average molecular weight is 1140 g/mol. The van der Waals surface area contributed by atoms with E-state index in [1.807, 2.05) is 0 Å². The average Bonchev–Trinajstić information content (AvgIpc) is 1.08. The van der Waals surface area contributed by atoms with Crippen LogP contribution in [-0.2, 0) is 15.4 Å². The molecule has 0 atom stereocenters. The zero-order chi connectivity index (χ0) is 59.0. The van der Waals surface area contributed by atoms with Gasteiger partial charge in [-0.15, -0.1) is 0 Å². The summed E-state index contributed by atoms with van der Waals surface area (Å²) >= 11 is 0. The molecule has 0 saturated heterocycles. The first kappa shape index (κ1) is 52.2. The minimum atomic E-state index is -3.86. The van der Waals surface area contributed by atoms with Gasteiger partial charge in [-0.25, -0.2) is 0 Å². The summed E-state index contributed by atoms with van der Waals surface area (Å²) in [5, 5.41) is 2.40. The van der Waals surface area contributed by atoms with E-state index in [0.29, 0.717) is 11.5 Å². The first-order valence-corrected chi connectivity index (χ1v) is 31.9. The van der Waals surface area contributed by atoms with Crippen molar-refractivity contribution >= 4 is 91.3 Å². The maximum absolute atomic E-state index is 18.6. The van der Waals surface area contributed by atoms with Gasteiger partial charge >= 0.3 is 0 Å². The fourth-order valence-electron chi connectivity index (χ4n) is 14.9. The van der Waals surface area contributed by atoms with Crippen LogP contribution in [0.25, 0.3) is 22.3 Å².